The van der Waals surface area contributed by atoms with Gasteiger partial charge in [-0.2, -0.15) is 0 Å². The summed E-state index contributed by atoms with van der Waals surface area (Å²) in [6, 6.07) is 4.41. The molecule has 22 heavy (non-hydrogen) atoms. The molecule has 1 saturated heterocycles. The summed E-state index contributed by atoms with van der Waals surface area (Å²) >= 11 is 0. The molecule has 3 fully saturated rings. The molecule has 1 amide bonds. The Balaban J connectivity index is 1.44. The van der Waals surface area contributed by atoms with Crippen LogP contribution in [0.4, 0.5) is 8.78 Å². The van der Waals surface area contributed by atoms with E-state index < -0.39 is 11.6 Å². The van der Waals surface area contributed by atoms with Crippen LogP contribution in [0.5, 0.6) is 0 Å². The normalized spacial score (nSPS) is 36.5. The Bertz CT molecular complexity index is 621. The van der Waals surface area contributed by atoms with Crippen LogP contribution in [0.15, 0.2) is 18.2 Å². The maximum atomic E-state index is 13.8. The molecular weight excluding hydrogens is 286 g/mol. The quantitative estimate of drug-likeness (QED) is 0.911. The predicted octanol–water partition coefficient (Wildman–Crippen LogP) is 2.26. The minimum atomic E-state index is -0.836. The van der Waals surface area contributed by atoms with Crippen LogP contribution in [0, 0.1) is 29.4 Å². The largest absolute Gasteiger partial charge is 0.342 e. The van der Waals surface area contributed by atoms with Gasteiger partial charge >= 0.3 is 0 Å². The Hall–Kier alpha value is -1.49. The van der Waals surface area contributed by atoms with E-state index in [0.29, 0.717) is 23.8 Å². The number of fused-ring (bicyclic) bond motifs is 1. The highest BCUT2D eigenvalue weighted by atomic mass is 19.2. The van der Waals surface area contributed by atoms with Gasteiger partial charge < -0.3 is 10.6 Å². The van der Waals surface area contributed by atoms with Gasteiger partial charge in [-0.15, -0.1) is 0 Å². The van der Waals surface area contributed by atoms with Crippen molar-refractivity contribution in [3.8, 4) is 0 Å². The lowest BCUT2D eigenvalue weighted by Gasteiger charge is -2.19. The fourth-order valence-corrected chi connectivity index (χ4v) is 4.34. The molecule has 1 aliphatic heterocycles. The lowest BCUT2D eigenvalue weighted by atomic mass is 9.98. The zero-order valence-corrected chi connectivity index (χ0v) is 12.3. The van der Waals surface area contributed by atoms with Crippen LogP contribution in [0.25, 0.3) is 0 Å². The fourth-order valence-electron chi connectivity index (χ4n) is 4.34. The van der Waals surface area contributed by atoms with Crippen molar-refractivity contribution >= 4 is 5.91 Å². The molecule has 0 aromatic heterocycles. The van der Waals surface area contributed by atoms with Crippen LogP contribution >= 0.6 is 0 Å². The topological polar surface area (TPSA) is 46.3 Å². The van der Waals surface area contributed by atoms with E-state index in [1.165, 1.54) is 6.07 Å². The van der Waals surface area contributed by atoms with E-state index in [9.17, 15) is 13.6 Å². The molecule has 1 aromatic carbocycles. The third kappa shape index (κ3) is 2.14. The average molecular weight is 306 g/mol. The second-order valence-electron chi connectivity index (χ2n) is 7.00. The molecule has 2 N–H and O–H groups in total. The molecule has 0 spiro atoms. The summed E-state index contributed by atoms with van der Waals surface area (Å²) in [6.07, 6.45) is 2.78. The van der Waals surface area contributed by atoms with Gasteiger partial charge in [-0.25, -0.2) is 8.78 Å². The second-order valence-corrected chi connectivity index (χ2v) is 7.00. The highest BCUT2D eigenvalue weighted by Gasteiger charge is 2.50. The van der Waals surface area contributed by atoms with Gasteiger partial charge in [0.2, 0.25) is 5.91 Å². The molecule has 118 valence electrons. The summed E-state index contributed by atoms with van der Waals surface area (Å²) in [5, 5.41) is 0. The number of nitrogens with two attached hydrogens (primary N) is 1. The van der Waals surface area contributed by atoms with Gasteiger partial charge in [0.05, 0.1) is 0 Å². The first kappa shape index (κ1) is 14.1. The van der Waals surface area contributed by atoms with E-state index in [1.807, 2.05) is 4.90 Å². The van der Waals surface area contributed by atoms with Gasteiger partial charge in [-0.1, -0.05) is 12.1 Å². The SMILES string of the molecule is NC1CCC2CN(C(=O)C3CC3c3cccc(F)c3F)CC12. The number of carbonyl (C=O) groups is 1. The van der Waals surface area contributed by atoms with Crippen LogP contribution in [0.2, 0.25) is 0 Å². The van der Waals surface area contributed by atoms with E-state index in [4.69, 9.17) is 5.73 Å². The van der Waals surface area contributed by atoms with Gasteiger partial charge in [0.15, 0.2) is 11.6 Å². The number of halogens is 2. The number of amides is 1. The molecule has 5 atom stereocenters. The first-order valence-corrected chi connectivity index (χ1v) is 8.04. The molecule has 2 saturated carbocycles. The van der Waals surface area contributed by atoms with Crippen molar-refractivity contribution in [2.24, 2.45) is 23.5 Å². The smallest absolute Gasteiger partial charge is 0.226 e. The highest BCUT2D eigenvalue weighted by molar-refractivity contribution is 5.83. The molecule has 1 heterocycles. The van der Waals surface area contributed by atoms with Gasteiger partial charge in [-0.3, -0.25) is 4.79 Å². The Kier molecular flexibility index (Phi) is 3.22. The molecule has 5 unspecified atom stereocenters. The van der Waals surface area contributed by atoms with Crippen LogP contribution in [0.3, 0.4) is 0 Å². The Morgan fingerprint density at radius 1 is 1.23 bits per heavy atom. The third-order valence-corrected chi connectivity index (χ3v) is 5.71. The first-order chi connectivity index (χ1) is 10.6. The number of hydrogen-bond acceptors (Lipinski definition) is 2. The van der Waals surface area contributed by atoms with E-state index >= 15 is 0 Å². The van der Waals surface area contributed by atoms with Crippen molar-refractivity contribution in [2.45, 2.75) is 31.2 Å². The van der Waals surface area contributed by atoms with Crippen molar-refractivity contribution in [3.05, 3.63) is 35.4 Å². The van der Waals surface area contributed by atoms with E-state index in [0.717, 1.165) is 32.0 Å². The van der Waals surface area contributed by atoms with Crippen LogP contribution in [0.1, 0.15) is 30.7 Å². The number of benzene rings is 1. The Morgan fingerprint density at radius 3 is 2.82 bits per heavy atom. The zero-order valence-electron chi connectivity index (χ0n) is 12.3. The molecule has 0 bridgehead atoms. The minimum absolute atomic E-state index is 0.0928. The summed E-state index contributed by atoms with van der Waals surface area (Å²) in [4.78, 5) is 14.5. The summed E-state index contributed by atoms with van der Waals surface area (Å²) in [6.45, 7) is 1.52. The van der Waals surface area contributed by atoms with Gasteiger partial charge in [0.1, 0.15) is 0 Å². The van der Waals surface area contributed by atoms with Crippen molar-refractivity contribution < 1.29 is 13.6 Å². The summed E-state index contributed by atoms with van der Waals surface area (Å²) in [5.74, 6) is -0.951. The van der Waals surface area contributed by atoms with E-state index in [2.05, 4.69) is 0 Å². The van der Waals surface area contributed by atoms with Gasteiger partial charge in [0, 0.05) is 25.0 Å². The fraction of sp³-hybridized carbons (Fsp3) is 0.588. The number of nitrogens with zero attached hydrogens (tertiary/aromatic N) is 1. The van der Waals surface area contributed by atoms with Crippen molar-refractivity contribution in [3.63, 3.8) is 0 Å². The van der Waals surface area contributed by atoms with Crippen LogP contribution in [-0.2, 0) is 4.79 Å². The molecule has 1 aromatic rings. The Labute approximate surface area is 128 Å². The van der Waals surface area contributed by atoms with Crippen molar-refractivity contribution in [1.29, 1.82) is 0 Å². The van der Waals surface area contributed by atoms with Crippen molar-refractivity contribution in [2.75, 3.05) is 13.1 Å². The summed E-state index contributed by atoms with van der Waals surface area (Å²) in [5.41, 5.74) is 6.44. The number of rotatable bonds is 2. The summed E-state index contributed by atoms with van der Waals surface area (Å²) < 4.78 is 27.1. The van der Waals surface area contributed by atoms with Crippen LogP contribution < -0.4 is 5.73 Å². The highest BCUT2D eigenvalue weighted by Crippen LogP contribution is 2.50. The standard InChI is InChI=1S/C17H20F2N2O/c18-14-3-1-2-10(16(14)19)11-6-12(11)17(22)21-7-9-4-5-15(20)13(9)8-21/h1-3,9,11-13,15H,4-8,20H2. The molecule has 5 heteroatoms. The second kappa shape index (κ2) is 5.01. The molecule has 4 rings (SSSR count). The lowest BCUT2D eigenvalue weighted by Crippen LogP contribution is -2.34. The minimum Gasteiger partial charge on any atom is -0.342 e. The summed E-state index contributed by atoms with van der Waals surface area (Å²) in [7, 11) is 0. The number of hydrogen-bond donors (Lipinski definition) is 1. The van der Waals surface area contributed by atoms with Crippen molar-refractivity contribution in [1.82, 2.24) is 4.90 Å². The first-order valence-electron chi connectivity index (χ1n) is 8.04. The predicted molar refractivity (Wildman–Crippen MR) is 78.0 cm³/mol. The zero-order chi connectivity index (χ0) is 15.4. The molecular formula is C17H20F2N2O. The average Bonchev–Trinajstić information content (AvgIpc) is 3.05. The maximum Gasteiger partial charge on any atom is 0.226 e. The molecule has 0 radical (unpaired) electrons. The number of carbonyl (C=O) groups excluding carboxylic acids is 1. The number of likely N-dealkylation sites (tertiary alicyclic amines) is 1. The van der Waals surface area contributed by atoms with Gasteiger partial charge in [0.25, 0.3) is 0 Å². The van der Waals surface area contributed by atoms with E-state index in [-0.39, 0.29) is 23.8 Å². The van der Waals surface area contributed by atoms with E-state index in [1.54, 1.807) is 6.07 Å². The Morgan fingerprint density at radius 2 is 2.05 bits per heavy atom. The monoisotopic (exact) mass is 306 g/mol. The maximum absolute atomic E-state index is 13.8. The molecule has 3 nitrogen and oxygen atoms in total. The lowest BCUT2D eigenvalue weighted by molar-refractivity contribution is -0.131. The molecule has 3 aliphatic rings. The third-order valence-electron chi connectivity index (χ3n) is 5.71. The van der Waals surface area contributed by atoms with Gasteiger partial charge in [-0.05, 0) is 48.6 Å². The van der Waals surface area contributed by atoms with Crippen LogP contribution in [-0.4, -0.2) is 29.9 Å². The molecule has 2 aliphatic carbocycles.